The highest BCUT2D eigenvalue weighted by atomic mass is 17.2. The van der Waals surface area contributed by atoms with Crippen molar-refractivity contribution in [2.24, 2.45) is 5.11 Å². The molecule has 2 unspecified atom stereocenters. The Morgan fingerprint density at radius 1 is 1.07 bits per heavy atom. The number of hydrogen-bond donors (Lipinski definition) is 0. The molecule has 2 bridgehead atoms. The van der Waals surface area contributed by atoms with Crippen molar-refractivity contribution < 1.29 is 47.8 Å². The summed E-state index contributed by atoms with van der Waals surface area (Å²) >= 11 is 0. The smallest absolute Gasteiger partial charge is 0.339 e. The molecule has 0 saturated carbocycles. The number of fused-ring (bicyclic) bond motifs is 2. The van der Waals surface area contributed by atoms with Gasteiger partial charge in [-0.3, -0.25) is 9.68 Å². The molecule has 2 aromatic carbocycles. The van der Waals surface area contributed by atoms with Crippen LogP contribution in [-0.2, 0) is 44.9 Å². The molecule has 13 heteroatoms. The summed E-state index contributed by atoms with van der Waals surface area (Å²) in [6.07, 6.45) is -3.59. The Morgan fingerprint density at radius 3 is 2.45 bits per heavy atom. The van der Waals surface area contributed by atoms with Crippen molar-refractivity contribution in [2.75, 3.05) is 20.3 Å². The van der Waals surface area contributed by atoms with Gasteiger partial charge < -0.3 is 28.4 Å². The second kappa shape index (κ2) is 13.5. The van der Waals surface area contributed by atoms with E-state index < -0.39 is 48.2 Å². The molecule has 0 spiro atoms. The van der Waals surface area contributed by atoms with Crippen LogP contribution in [-0.4, -0.2) is 68.5 Å². The Kier molecular flexibility index (Phi) is 9.80. The van der Waals surface area contributed by atoms with Crippen molar-refractivity contribution >= 4 is 11.9 Å². The molecule has 2 saturated heterocycles. The molecule has 40 heavy (non-hydrogen) atoms. The summed E-state index contributed by atoms with van der Waals surface area (Å²) in [7, 11) is 1.57. The van der Waals surface area contributed by atoms with Crippen LogP contribution in [0.15, 0.2) is 59.7 Å². The zero-order chi connectivity index (χ0) is 28.5. The number of esters is 1. The number of methoxy groups -OCH3 is 1. The van der Waals surface area contributed by atoms with E-state index in [4.69, 9.17) is 38.2 Å². The maximum absolute atomic E-state index is 11.6. The van der Waals surface area contributed by atoms with Gasteiger partial charge >= 0.3 is 11.9 Å². The van der Waals surface area contributed by atoms with Crippen LogP contribution in [0.5, 0.6) is 11.5 Å². The zero-order valence-corrected chi connectivity index (χ0v) is 22.3. The number of carbonyl (C=O) groups excluding carboxylic acids is 2. The fraction of sp³-hybridized carbons (Fsp3) is 0.481. The molecule has 0 amide bonds. The van der Waals surface area contributed by atoms with Crippen LogP contribution in [0, 0.1) is 0 Å². The van der Waals surface area contributed by atoms with E-state index in [1.54, 1.807) is 31.4 Å². The molecular formula is C27H31N3O10. The predicted octanol–water partition coefficient (Wildman–Crippen LogP) is 3.65. The van der Waals surface area contributed by atoms with E-state index in [-0.39, 0.29) is 26.2 Å². The fourth-order valence-corrected chi connectivity index (χ4v) is 4.66. The first kappa shape index (κ1) is 29.1. The van der Waals surface area contributed by atoms with Crippen molar-refractivity contribution in [1.82, 2.24) is 0 Å². The summed E-state index contributed by atoms with van der Waals surface area (Å²) in [4.78, 5) is 36.5. The lowest BCUT2D eigenvalue weighted by Crippen LogP contribution is -2.60. The summed E-state index contributed by atoms with van der Waals surface area (Å²) in [6.45, 7) is 2.41. The molecule has 2 aromatic rings. The maximum atomic E-state index is 11.6. The molecular weight excluding hydrogens is 526 g/mol. The summed E-state index contributed by atoms with van der Waals surface area (Å²) in [5.74, 6) is 0.0179. The molecule has 2 heterocycles. The van der Waals surface area contributed by atoms with E-state index in [9.17, 15) is 15.1 Å². The minimum absolute atomic E-state index is 0.0176. The average molecular weight is 558 g/mol. The quantitative estimate of drug-likeness (QED) is 0.0889. The lowest BCUT2D eigenvalue weighted by atomic mass is 9.82. The molecule has 214 valence electrons. The summed E-state index contributed by atoms with van der Waals surface area (Å²) < 4.78 is 35.2. The Labute approximate surface area is 230 Å². The topological polar surface area (TPSA) is 157 Å². The van der Waals surface area contributed by atoms with Crippen molar-refractivity contribution in [3.05, 3.63) is 70.6 Å². The minimum Gasteiger partial charge on any atom is -0.497 e. The summed E-state index contributed by atoms with van der Waals surface area (Å²) in [6, 6.07) is 15.6. The van der Waals surface area contributed by atoms with Crippen LogP contribution >= 0.6 is 0 Å². The van der Waals surface area contributed by atoms with Crippen LogP contribution in [0.25, 0.3) is 10.4 Å². The van der Waals surface area contributed by atoms with Crippen LogP contribution in [0.3, 0.4) is 0 Å². The van der Waals surface area contributed by atoms with Crippen LogP contribution in [0.2, 0.25) is 0 Å². The van der Waals surface area contributed by atoms with E-state index >= 15 is 0 Å². The Morgan fingerprint density at radius 2 is 1.80 bits per heavy atom. The molecule has 0 radical (unpaired) electrons. The molecule has 4 rings (SSSR count). The number of nitrogens with zero attached hydrogens (tertiary/aromatic N) is 3. The van der Waals surface area contributed by atoms with E-state index in [1.165, 1.54) is 13.8 Å². The van der Waals surface area contributed by atoms with Gasteiger partial charge in [-0.2, -0.15) is 4.89 Å². The fourth-order valence-electron chi connectivity index (χ4n) is 4.66. The molecule has 0 aliphatic carbocycles. The minimum atomic E-state index is -1.29. The molecule has 2 aliphatic heterocycles. The second-order valence-corrected chi connectivity index (χ2v) is 9.25. The maximum Gasteiger partial charge on any atom is 0.339 e. The number of ether oxygens (including phenoxy) is 6. The first-order valence-corrected chi connectivity index (χ1v) is 12.6. The molecule has 2 aliphatic rings. The predicted molar refractivity (Wildman–Crippen MR) is 137 cm³/mol. The van der Waals surface area contributed by atoms with Gasteiger partial charge in [0.2, 0.25) is 0 Å². The number of benzene rings is 2. The van der Waals surface area contributed by atoms with Crippen molar-refractivity contribution in [1.29, 1.82) is 0 Å². The van der Waals surface area contributed by atoms with Crippen molar-refractivity contribution in [3.63, 3.8) is 0 Å². The average Bonchev–Trinajstić information content (AvgIpc) is 3.12. The van der Waals surface area contributed by atoms with Gasteiger partial charge in [-0.15, -0.1) is 0 Å². The molecule has 6 atom stereocenters. The Bertz CT molecular complexity index is 1190. The van der Waals surface area contributed by atoms with Gasteiger partial charge in [0.15, 0.2) is 12.4 Å². The lowest BCUT2D eigenvalue weighted by Gasteiger charge is -2.43. The Hall–Kier alpha value is -3.87. The summed E-state index contributed by atoms with van der Waals surface area (Å²) in [5, 5.41) is 3.80. The van der Waals surface area contributed by atoms with Crippen LogP contribution in [0.4, 0.5) is 0 Å². The van der Waals surface area contributed by atoms with Crippen molar-refractivity contribution in [2.45, 2.75) is 63.1 Å². The molecule has 0 N–H and O–H groups in total. The third-order valence-corrected chi connectivity index (χ3v) is 6.57. The van der Waals surface area contributed by atoms with Gasteiger partial charge in [0.25, 0.3) is 0 Å². The molecule has 0 aromatic heterocycles. The first-order valence-electron chi connectivity index (χ1n) is 12.6. The Balaban J connectivity index is 1.65. The number of rotatable bonds is 13. The van der Waals surface area contributed by atoms with E-state index in [0.717, 1.165) is 5.56 Å². The van der Waals surface area contributed by atoms with Crippen LogP contribution in [0.1, 0.15) is 25.8 Å². The van der Waals surface area contributed by atoms with Crippen LogP contribution < -0.4 is 9.47 Å². The highest BCUT2D eigenvalue weighted by Crippen LogP contribution is 2.47. The highest BCUT2D eigenvalue weighted by molar-refractivity contribution is 5.66. The van der Waals surface area contributed by atoms with Gasteiger partial charge in [0, 0.05) is 25.2 Å². The van der Waals surface area contributed by atoms with E-state index in [2.05, 4.69) is 10.0 Å². The molecule has 2 fully saturated rings. The second-order valence-electron chi connectivity index (χ2n) is 9.25. The third kappa shape index (κ3) is 7.00. The lowest BCUT2D eigenvalue weighted by molar-refractivity contribution is -0.363. The van der Waals surface area contributed by atoms with Gasteiger partial charge in [0.1, 0.15) is 36.4 Å². The first-order chi connectivity index (χ1) is 19.3. The normalized spacial score (nSPS) is 25.8. The standard InChI is InChI=1S/C27H31N3O10/c1-17(31)34-15-22(29-30-28)23-13-27(36-14-19-7-5-4-6-8-19)24(16-35-21-11-9-20(33-3)10-12-21)38-26(37-23)25(27)40-39-18(2)32/h4-12,22-26H,13-16H2,1-3H3/t22?,23-,24+,25+,26?,27-/m0/s1. The van der Waals surface area contributed by atoms with Gasteiger partial charge in [-0.1, -0.05) is 35.4 Å². The largest absolute Gasteiger partial charge is 0.497 e. The monoisotopic (exact) mass is 557 g/mol. The summed E-state index contributed by atoms with van der Waals surface area (Å²) in [5.41, 5.74) is 8.77. The highest BCUT2D eigenvalue weighted by Gasteiger charge is 2.65. The third-order valence-electron chi connectivity index (χ3n) is 6.57. The number of carbonyl (C=O) groups is 2. The van der Waals surface area contributed by atoms with Gasteiger partial charge in [-0.05, 0) is 35.4 Å². The zero-order valence-electron chi connectivity index (χ0n) is 22.3. The van der Waals surface area contributed by atoms with E-state index in [0.29, 0.717) is 11.5 Å². The SMILES string of the molecule is COc1ccc(OC[C@H]2OC3O[C@H](C(COC(C)=O)N=[N+]=[N-])C[C@@]2(OCc2ccccc2)[C@@H]3OOC(C)=O)cc1. The molecule has 13 nitrogen and oxygen atoms in total. The van der Waals surface area contributed by atoms with Gasteiger partial charge in [-0.25, -0.2) is 4.79 Å². The van der Waals surface area contributed by atoms with E-state index in [1.807, 2.05) is 30.3 Å². The number of azide groups is 1. The van der Waals surface area contributed by atoms with Gasteiger partial charge in [0.05, 0.1) is 25.9 Å². The van der Waals surface area contributed by atoms with Crippen molar-refractivity contribution in [3.8, 4) is 11.5 Å². The number of hydrogen-bond acceptors (Lipinski definition) is 11.